The minimum absolute atomic E-state index is 0.0927. The molecule has 6 nitrogen and oxygen atoms in total. The van der Waals surface area contributed by atoms with Crippen LogP contribution < -0.4 is 10.6 Å². The van der Waals surface area contributed by atoms with E-state index in [4.69, 9.17) is 11.6 Å². The van der Waals surface area contributed by atoms with E-state index in [0.29, 0.717) is 49.9 Å². The first-order chi connectivity index (χ1) is 11.1. The van der Waals surface area contributed by atoms with E-state index in [1.807, 2.05) is 24.3 Å². The number of aliphatic imine (C=N–C) groups is 1. The third-order valence-electron chi connectivity index (χ3n) is 3.58. The number of benzene rings is 1. The van der Waals surface area contributed by atoms with Crippen LogP contribution in [0.5, 0.6) is 0 Å². The van der Waals surface area contributed by atoms with E-state index in [2.05, 4.69) is 15.6 Å². The molecule has 1 heterocycles. The van der Waals surface area contributed by atoms with Gasteiger partial charge in [0.1, 0.15) is 0 Å². The predicted octanol–water partition coefficient (Wildman–Crippen LogP) is 1.54. The van der Waals surface area contributed by atoms with Gasteiger partial charge in [0, 0.05) is 44.5 Å². The minimum Gasteiger partial charge on any atom is -0.355 e. The predicted molar refractivity (Wildman–Crippen MR) is 90.2 cm³/mol. The molecule has 1 aliphatic heterocycles. The molecule has 0 unspecified atom stereocenters. The number of amides is 2. The zero-order valence-corrected chi connectivity index (χ0v) is 13.9. The highest BCUT2D eigenvalue weighted by Crippen LogP contribution is 2.11. The van der Waals surface area contributed by atoms with Crippen molar-refractivity contribution in [1.82, 2.24) is 15.5 Å². The van der Waals surface area contributed by atoms with E-state index in [-0.39, 0.29) is 11.8 Å². The molecule has 2 amide bonds. The Bertz CT molecular complexity index is 587. The molecule has 0 aromatic heterocycles. The van der Waals surface area contributed by atoms with Gasteiger partial charge in [-0.25, -0.2) is 0 Å². The van der Waals surface area contributed by atoms with Crippen LogP contribution in [0.2, 0.25) is 5.02 Å². The topological polar surface area (TPSA) is 73.8 Å². The van der Waals surface area contributed by atoms with Crippen molar-refractivity contribution in [2.75, 3.05) is 20.1 Å². The fourth-order valence-electron chi connectivity index (χ4n) is 2.39. The van der Waals surface area contributed by atoms with Crippen LogP contribution in [0.25, 0.3) is 0 Å². The second kappa shape index (κ2) is 8.53. The van der Waals surface area contributed by atoms with Crippen molar-refractivity contribution in [3.63, 3.8) is 0 Å². The number of hydrogen-bond donors (Lipinski definition) is 2. The van der Waals surface area contributed by atoms with Crippen molar-refractivity contribution in [2.45, 2.75) is 25.8 Å². The summed E-state index contributed by atoms with van der Waals surface area (Å²) in [5.41, 5.74) is 1.04. The second-order valence-corrected chi connectivity index (χ2v) is 5.71. The van der Waals surface area contributed by atoms with Crippen LogP contribution in [0.3, 0.4) is 0 Å². The van der Waals surface area contributed by atoms with Crippen molar-refractivity contribution in [3.8, 4) is 0 Å². The van der Waals surface area contributed by atoms with Crippen LogP contribution in [0.1, 0.15) is 24.8 Å². The number of halogens is 1. The molecule has 1 aliphatic rings. The second-order valence-electron chi connectivity index (χ2n) is 5.28. The van der Waals surface area contributed by atoms with E-state index in [9.17, 15) is 9.59 Å². The molecule has 0 saturated carbocycles. The maximum Gasteiger partial charge on any atom is 0.229 e. The largest absolute Gasteiger partial charge is 0.355 e. The molecule has 2 N–H and O–H groups in total. The van der Waals surface area contributed by atoms with Crippen molar-refractivity contribution in [2.24, 2.45) is 4.99 Å². The average molecular weight is 337 g/mol. The molecule has 7 heteroatoms. The molecule has 124 valence electrons. The molecule has 0 bridgehead atoms. The summed E-state index contributed by atoms with van der Waals surface area (Å²) in [5.74, 6) is 0.428. The highest BCUT2D eigenvalue weighted by atomic mass is 35.5. The first-order valence-electron chi connectivity index (χ1n) is 7.62. The molecule has 2 rings (SSSR count). The van der Waals surface area contributed by atoms with Crippen molar-refractivity contribution >= 4 is 29.4 Å². The maximum atomic E-state index is 11.7. The van der Waals surface area contributed by atoms with Crippen LogP contribution in [-0.4, -0.2) is 42.8 Å². The Kier molecular flexibility index (Phi) is 6.40. The molecule has 1 saturated heterocycles. The highest BCUT2D eigenvalue weighted by molar-refractivity contribution is 6.30. The normalized spacial score (nSPS) is 15.7. The molecule has 0 atom stereocenters. The van der Waals surface area contributed by atoms with E-state index < -0.39 is 0 Å². The Morgan fingerprint density at radius 1 is 1.26 bits per heavy atom. The number of nitrogens with zero attached hydrogens (tertiary/aromatic N) is 2. The van der Waals surface area contributed by atoms with Gasteiger partial charge >= 0.3 is 0 Å². The van der Waals surface area contributed by atoms with Crippen LogP contribution in [0, 0.1) is 0 Å². The Hall–Kier alpha value is -2.08. The van der Waals surface area contributed by atoms with Gasteiger partial charge in [-0.3, -0.25) is 19.5 Å². The van der Waals surface area contributed by atoms with E-state index in [1.165, 1.54) is 4.90 Å². The first kappa shape index (κ1) is 17.3. The van der Waals surface area contributed by atoms with Gasteiger partial charge in [-0.05, 0) is 24.1 Å². The molecular weight excluding hydrogens is 316 g/mol. The van der Waals surface area contributed by atoms with E-state index >= 15 is 0 Å². The fraction of sp³-hybridized carbons (Fsp3) is 0.438. The number of carbonyl (C=O) groups excluding carboxylic acids is 2. The SMILES string of the molecule is CN=C(NCCN1C(=O)CCCC1=O)NCc1cccc(Cl)c1. The van der Waals surface area contributed by atoms with E-state index in [0.717, 1.165) is 5.56 Å². The van der Waals surface area contributed by atoms with Gasteiger partial charge in [0.15, 0.2) is 5.96 Å². The standard InChI is InChI=1S/C16H21ClN4O2/c1-18-16(20-11-12-4-2-5-13(17)10-12)19-8-9-21-14(22)6-3-7-15(21)23/h2,4-5,10H,3,6-9,11H2,1H3,(H2,18,19,20). The summed E-state index contributed by atoms with van der Waals surface area (Å²) in [6.07, 6.45) is 1.56. The zero-order valence-electron chi connectivity index (χ0n) is 13.1. The number of carbonyl (C=O) groups is 2. The fourth-order valence-corrected chi connectivity index (χ4v) is 2.60. The summed E-state index contributed by atoms with van der Waals surface area (Å²) in [5, 5.41) is 6.96. The lowest BCUT2D eigenvalue weighted by molar-refractivity contribution is -0.147. The van der Waals surface area contributed by atoms with Crippen LogP contribution in [0.15, 0.2) is 29.3 Å². The molecule has 1 fully saturated rings. The Morgan fingerprint density at radius 3 is 2.65 bits per heavy atom. The smallest absolute Gasteiger partial charge is 0.229 e. The van der Waals surface area contributed by atoms with E-state index in [1.54, 1.807) is 7.05 Å². The summed E-state index contributed by atoms with van der Waals surface area (Å²) in [7, 11) is 1.67. The summed E-state index contributed by atoms with van der Waals surface area (Å²) < 4.78 is 0. The van der Waals surface area contributed by atoms with Crippen LogP contribution >= 0.6 is 11.6 Å². The third-order valence-corrected chi connectivity index (χ3v) is 3.82. The monoisotopic (exact) mass is 336 g/mol. The van der Waals surface area contributed by atoms with Crippen molar-refractivity contribution < 1.29 is 9.59 Å². The Morgan fingerprint density at radius 2 is 2.00 bits per heavy atom. The highest BCUT2D eigenvalue weighted by Gasteiger charge is 2.25. The van der Waals surface area contributed by atoms with Gasteiger partial charge in [-0.15, -0.1) is 0 Å². The third kappa shape index (κ3) is 5.25. The number of hydrogen-bond acceptors (Lipinski definition) is 3. The molecule has 1 aromatic rings. The first-order valence-corrected chi connectivity index (χ1v) is 8.00. The number of imide groups is 1. The number of piperidine rings is 1. The van der Waals surface area contributed by atoms with Crippen molar-refractivity contribution in [1.29, 1.82) is 0 Å². The van der Waals surface area contributed by atoms with Gasteiger partial charge in [0.2, 0.25) is 11.8 Å². The quantitative estimate of drug-likeness (QED) is 0.486. The van der Waals surface area contributed by atoms with Gasteiger partial charge in [-0.2, -0.15) is 0 Å². The lowest BCUT2D eigenvalue weighted by Gasteiger charge is -2.25. The Labute approximate surface area is 140 Å². The summed E-state index contributed by atoms with van der Waals surface area (Å²) in [6, 6.07) is 7.57. The summed E-state index contributed by atoms with van der Waals surface area (Å²) >= 11 is 5.95. The average Bonchev–Trinajstić information content (AvgIpc) is 2.53. The number of nitrogens with one attached hydrogen (secondary N) is 2. The molecule has 0 aliphatic carbocycles. The molecular formula is C16H21ClN4O2. The maximum absolute atomic E-state index is 11.7. The number of likely N-dealkylation sites (tertiary alicyclic amines) is 1. The number of rotatable bonds is 5. The Balaban J connectivity index is 1.77. The minimum atomic E-state index is -0.0927. The molecule has 1 aromatic carbocycles. The molecule has 0 radical (unpaired) electrons. The van der Waals surface area contributed by atoms with Gasteiger partial charge in [-0.1, -0.05) is 23.7 Å². The van der Waals surface area contributed by atoms with Crippen LogP contribution in [0.4, 0.5) is 0 Å². The van der Waals surface area contributed by atoms with Crippen molar-refractivity contribution in [3.05, 3.63) is 34.9 Å². The van der Waals surface area contributed by atoms with Gasteiger partial charge in [0.05, 0.1) is 0 Å². The van der Waals surface area contributed by atoms with Crippen LogP contribution in [-0.2, 0) is 16.1 Å². The van der Waals surface area contributed by atoms with Gasteiger partial charge in [0.25, 0.3) is 0 Å². The summed E-state index contributed by atoms with van der Waals surface area (Å²) in [6.45, 7) is 1.41. The van der Waals surface area contributed by atoms with Gasteiger partial charge < -0.3 is 10.6 Å². The lowest BCUT2D eigenvalue weighted by atomic mass is 10.1. The molecule has 0 spiro atoms. The zero-order chi connectivity index (χ0) is 16.7. The number of guanidine groups is 1. The lowest BCUT2D eigenvalue weighted by Crippen LogP contribution is -2.46. The summed E-state index contributed by atoms with van der Waals surface area (Å²) in [4.78, 5) is 28.9. The molecule has 23 heavy (non-hydrogen) atoms.